The summed E-state index contributed by atoms with van der Waals surface area (Å²) in [7, 11) is 0. The molecule has 1 amide bonds. The molecule has 1 fully saturated rings. The summed E-state index contributed by atoms with van der Waals surface area (Å²) in [5.41, 5.74) is 0. The summed E-state index contributed by atoms with van der Waals surface area (Å²) in [6, 6.07) is 2.54. The minimum Gasteiger partial charge on any atom is -0.395 e. The Morgan fingerprint density at radius 1 is 1.56 bits per heavy atom. The van der Waals surface area contributed by atoms with E-state index in [0.29, 0.717) is 6.54 Å². The van der Waals surface area contributed by atoms with Crippen LogP contribution >= 0.6 is 12.4 Å². The molecule has 1 saturated heterocycles. The normalized spacial score (nSPS) is 18.8. The molecule has 1 aromatic heterocycles. The minimum absolute atomic E-state index is 0. The Balaban J connectivity index is 0.00000162. The van der Waals surface area contributed by atoms with Crippen molar-refractivity contribution in [2.45, 2.75) is 18.9 Å². The molecule has 0 spiro atoms. The maximum atomic E-state index is 11.7. The Labute approximate surface area is 109 Å². The van der Waals surface area contributed by atoms with Crippen LogP contribution in [0.3, 0.4) is 0 Å². The monoisotopic (exact) mass is 275 g/mol. The van der Waals surface area contributed by atoms with Crippen molar-refractivity contribution < 1.29 is 14.1 Å². The van der Waals surface area contributed by atoms with E-state index in [1.807, 2.05) is 0 Å². The fourth-order valence-corrected chi connectivity index (χ4v) is 1.78. The Kier molecular flexibility index (Phi) is 5.11. The standard InChI is InChI=1S/C10H13N3O4.ClH/c14-10(12-7-2-1-5-11-6-7)8-3-4-9(17-8)13(15)16;/h3-4,7,11H,1-2,5-6H2,(H,12,14);1H/t7-;/m0./s1. The van der Waals surface area contributed by atoms with Gasteiger partial charge < -0.3 is 15.1 Å². The van der Waals surface area contributed by atoms with Crippen molar-refractivity contribution >= 4 is 24.2 Å². The molecule has 100 valence electrons. The smallest absolute Gasteiger partial charge is 0.395 e. The van der Waals surface area contributed by atoms with Crippen molar-refractivity contribution in [2.75, 3.05) is 13.1 Å². The summed E-state index contributed by atoms with van der Waals surface area (Å²) in [5.74, 6) is -0.856. The largest absolute Gasteiger partial charge is 0.433 e. The molecule has 1 aromatic rings. The Bertz CT molecular complexity index is 429. The first-order valence-corrected chi connectivity index (χ1v) is 5.42. The van der Waals surface area contributed by atoms with Gasteiger partial charge in [0.15, 0.2) is 5.76 Å². The summed E-state index contributed by atoms with van der Waals surface area (Å²) in [6.07, 6.45) is 1.91. The van der Waals surface area contributed by atoms with Gasteiger partial charge in [0.2, 0.25) is 0 Å². The van der Waals surface area contributed by atoms with E-state index >= 15 is 0 Å². The van der Waals surface area contributed by atoms with Gasteiger partial charge in [-0.2, -0.15) is 0 Å². The van der Waals surface area contributed by atoms with Crippen LogP contribution in [0.5, 0.6) is 0 Å². The zero-order valence-corrected chi connectivity index (χ0v) is 10.4. The van der Waals surface area contributed by atoms with Gasteiger partial charge in [-0.1, -0.05) is 0 Å². The zero-order chi connectivity index (χ0) is 12.3. The first kappa shape index (κ1) is 14.5. The minimum atomic E-state index is -0.668. The number of hydrogen-bond donors (Lipinski definition) is 2. The summed E-state index contributed by atoms with van der Waals surface area (Å²) in [6.45, 7) is 1.67. The fourth-order valence-electron chi connectivity index (χ4n) is 1.78. The fraction of sp³-hybridized carbons (Fsp3) is 0.500. The van der Waals surface area contributed by atoms with E-state index in [9.17, 15) is 14.9 Å². The summed E-state index contributed by atoms with van der Waals surface area (Å²) in [5, 5.41) is 16.3. The third kappa shape index (κ3) is 3.44. The number of rotatable bonds is 3. The highest BCUT2D eigenvalue weighted by Gasteiger charge is 2.20. The number of nitrogens with zero attached hydrogens (tertiary/aromatic N) is 1. The molecule has 0 aromatic carbocycles. The van der Waals surface area contributed by atoms with Crippen LogP contribution in [0.4, 0.5) is 5.88 Å². The van der Waals surface area contributed by atoms with Crippen LogP contribution in [-0.2, 0) is 0 Å². The van der Waals surface area contributed by atoms with E-state index in [1.54, 1.807) is 0 Å². The molecule has 0 radical (unpaired) electrons. The number of carbonyl (C=O) groups excluding carboxylic acids is 1. The number of piperidine rings is 1. The van der Waals surface area contributed by atoms with E-state index in [4.69, 9.17) is 4.42 Å². The van der Waals surface area contributed by atoms with Crippen molar-refractivity contribution in [1.82, 2.24) is 10.6 Å². The quantitative estimate of drug-likeness (QED) is 0.636. The van der Waals surface area contributed by atoms with Gasteiger partial charge in [-0.15, -0.1) is 12.4 Å². The molecule has 0 bridgehead atoms. The molecule has 1 aliphatic heterocycles. The Morgan fingerprint density at radius 2 is 2.33 bits per heavy atom. The van der Waals surface area contributed by atoms with Crippen LogP contribution in [0.2, 0.25) is 0 Å². The van der Waals surface area contributed by atoms with Crippen LogP contribution in [0.15, 0.2) is 16.5 Å². The van der Waals surface area contributed by atoms with Crippen molar-refractivity contribution in [3.8, 4) is 0 Å². The summed E-state index contributed by atoms with van der Waals surface area (Å²) in [4.78, 5) is 21.4. The lowest BCUT2D eigenvalue weighted by Crippen LogP contribution is -2.45. The van der Waals surface area contributed by atoms with Gasteiger partial charge in [0.25, 0.3) is 5.91 Å². The van der Waals surface area contributed by atoms with Crippen molar-refractivity contribution in [3.05, 3.63) is 28.0 Å². The Morgan fingerprint density at radius 3 is 2.89 bits per heavy atom. The molecule has 2 N–H and O–H groups in total. The molecule has 8 heteroatoms. The van der Waals surface area contributed by atoms with Gasteiger partial charge >= 0.3 is 5.88 Å². The first-order valence-electron chi connectivity index (χ1n) is 5.42. The average molecular weight is 276 g/mol. The maximum absolute atomic E-state index is 11.7. The highest BCUT2D eigenvalue weighted by molar-refractivity contribution is 5.91. The van der Waals surface area contributed by atoms with Gasteiger partial charge in [-0.25, -0.2) is 0 Å². The van der Waals surface area contributed by atoms with Crippen LogP contribution in [0.1, 0.15) is 23.4 Å². The third-order valence-electron chi connectivity index (χ3n) is 2.63. The van der Waals surface area contributed by atoms with Crippen LogP contribution < -0.4 is 10.6 Å². The molecular formula is C10H14ClN3O4. The lowest BCUT2D eigenvalue weighted by Gasteiger charge is -2.23. The van der Waals surface area contributed by atoms with Crippen LogP contribution in [0, 0.1) is 10.1 Å². The molecule has 2 heterocycles. The molecule has 0 unspecified atom stereocenters. The molecule has 0 aliphatic carbocycles. The second-order valence-electron chi connectivity index (χ2n) is 3.91. The van der Waals surface area contributed by atoms with Gasteiger partial charge in [0.05, 0.1) is 6.07 Å². The van der Waals surface area contributed by atoms with E-state index < -0.39 is 16.7 Å². The number of hydrogen-bond acceptors (Lipinski definition) is 5. The van der Waals surface area contributed by atoms with E-state index in [2.05, 4.69) is 10.6 Å². The first-order chi connectivity index (χ1) is 8.16. The molecule has 7 nitrogen and oxygen atoms in total. The summed E-state index contributed by atoms with van der Waals surface area (Å²) >= 11 is 0. The second kappa shape index (κ2) is 6.36. The molecule has 1 atom stereocenters. The Hall–Kier alpha value is -1.60. The van der Waals surface area contributed by atoms with E-state index in [0.717, 1.165) is 19.4 Å². The summed E-state index contributed by atoms with van der Waals surface area (Å²) < 4.78 is 4.82. The molecule has 18 heavy (non-hydrogen) atoms. The van der Waals surface area contributed by atoms with Crippen molar-refractivity contribution in [3.63, 3.8) is 0 Å². The van der Waals surface area contributed by atoms with E-state index in [-0.39, 0.29) is 24.2 Å². The molecule has 0 saturated carbocycles. The van der Waals surface area contributed by atoms with Gasteiger partial charge in [-0.05, 0) is 25.5 Å². The third-order valence-corrected chi connectivity index (χ3v) is 2.63. The number of nitrogens with one attached hydrogen (secondary N) is 2. The van der Waals surface area contributed by atoms with Crippen molar-refractivity contribution in [2.24, 2.45) is 0 Å². The number of amides is 1. The van der Waals surface area contributed by atoms with Gasteiger partial charge in [0.1, 0.15) is 4.92 Å². The highest BCUT2D eigenvalue weighted by Crippen LogP contribution is 2.15. The van der Waals surface area contributed by atoms with Gasteiger partial charge in [0, 0.05) is 12.6 Å². The second-order valence-corrected chi connectivity index (χ2v) is 3.91. The molecule has 1 aliphatic rings. The molecular weight excluding hydrogens is 262 g/mol. The highest BCUT2D eigenvalue weighted by atomic mass is 35.5. The number of nitro groups is 1. The average Bonchev–Trinajstić information content (AvgIpc) is 2.79. The maximum Gasteiger partial charge on any atom is 0.433 e. The topological polar surface area (TPSA) is 97.4 Å². The lowest BCUT2D eigenvalue weighted by atomic mass is 10.1. The molecule has 2 rings (SSSR count). The number of carbonyl (C=O) groups is 1. The SMILES string of the molecule is Cl.O=C(N[C@H]1CCCNC1)c1ccc([N+](=O)[O-])o1. The van der Waals surface area contributed by atoms with Crippen molar-refractivity contribution in [1.29, 1.82) is 0 Å². The van der Waals surface area contributed by atoms with Crippen LogP contribution in [-0.4, -0.2) is 30.0 Å². The van der Waals surface area contributed by atoms with Gasteiger partial charge in [-0.3, -0.25) is 14.9 Å². The van der Waals surface area contributed by atoms with Crippen LogP contribution in [0.25, 0.3) is 0 Å². The predicted molar refractivity (Wildman–Crippen MR) is 66.0 cm³/mol. The van der Waals surface area contributed by atoms with E-state index in [1.165, 1.54) is 12.1 Å². The zero-order valence-electron chi connectivity index (χ0n) is 9.55. The lowest BCUT2D eigenvalue weighted by molar-refractivity contribution is -0.402. The predicted octanol–water partition coefficient (Wildman–Crippen LogP) is 1.09. The number of furan rings is 1. The number of halogens is 1.